The van der Waals surface area contributed by atoms with Crippen LogP contribution >= 0.6 is 0 Å². The Kier molecular flexibility index (Phi) is 4.37. The number of nitrogens with zero attached hydrogens (tertiary/aromatic N) is 1. The number of amides is 2. The van der Waals surface area contributed by atoms with Gasteiger partial charge in [0.25, 0.3) is 17.4 Å². The number of aryl methyl sites for hydroxylation is 1. The standard InChI is InChI=1S/C19H17F3N2O3/c1-11-7-8-15-14(9-11)24(3)17(26)18(2,27-15)16(25)23-13-6-4-5-12(10-13)19(20,21)22/h4-10H,1-3H3,(H,23,25). The van der Waals surface area contributed by atoms with Crippen LogP contribution < -0.4 is 15.0 Å². The fourth-order valence-corrected chi connectivity index (χ4v) is 2.84. The van der Waals surface area contributed by atoms with E-state index in [1.165, 1.54) is 31.0 Å². The molecule has 0 bridgehead atoms. The molecule has 1 unspecified atom stereocenters. The molecule has 0 aromatic heterocycles. The van der Waals surface area contributed by atoms with Crippen molar-refractivity contribution in [3.8, 4) is 5.75 Å². The van der Waals surface area contributed by atoms with Crippen LogP contribution in [0, 0.1) is 6.92 Å². The molecule has 142 valence electrons. The first-order valence-corrected chi connectivity index (χ1v) is 8.09. The van der Waals surface area contributed by atoms with Gasteiger partial charge in [-0.05, 0) is 49.7 Å². The predicted octanol–water partition coefficient (Wildman–Crippen LogP) is 3.77. The maximum absolute atomic E-state index is 12.8. The number of carbonyl (C=O) groups is 2. The Labute approximate surface area is 153 Å². The van der Waals surface area contributed by atoms with Crippen LogP contribution in [0.15, 0.2) is 42.5 Å². The Hall–Kier alpha value is -3.03. The number of fused-ring (bicyclic) bond motifs is 1. The van der Waals surface area contributed by atoms with Gasteiger partial charge in [-0.25, -0.2) is 0 Å². The largest absolute Gasteiger partial charge is 0.465 e. The number of carbonyl (C=O) groups excluding carboxylic acids is 2. The van der Waals surface area contributed by atoms with Crippen molar-refractivity contribution in [2.45, 2.75) is 25.6 Å². The third kappa shape index (κ3) is 3.34. The van der Waals surface area contributed by atoms with Gasteiger partial charge in [0.2, 0.25) is 0 Å². The van der Waals surface area contributed by atoms with E-state index >= 15 is 0 Å². The number of alkyl halides is 3. The second-order valence-corrected chi connectivity index (χ2v) is 6.50. The zero-order valence-corrected chi connectivity index (χ0v) is 14.8. The lowest BCUT2D eigenvalue weighted by molar-refractivity contribution is -0.145. The smallest absolute Gasteiger partial charge is 0.416 e. The molecule has 1 N–H and O–H groups in total. The molecule has 0 saturated heterocycles. The van der Waals surface area contributed by atoms with Gasteiger partial charge in [0, 0.05) is 12.7 Å². The number of nitrogens with one attached hydrogen (secondary N) is 1. The molecule has 1 aliphatic rings. The van der Waals surface area contributed by atoms with E-state index < -0.39 is 29.2 Å². The Morgan fingerprint density at radius 3 is 2.56 bits per heavy atom. The molecule has 3 rings (SSSR count). The molecule has 0 fully saturated rings. The number of rotatable bonds is 2. The fraction of sp³-hybridized carbons (Fsp3) is 0.263. The maximum atomic E-state index is 12.8. The van der Waals surface area contributed by atoms with Gasteiger partial charge in [-0.2, -0.15) is 13.2 Å². The molecule has 8 heteroatoms. The van der Waals surface area contributed by atoms with Crippen molar-refractivity contribution in [2.24, 2.45) is 0 Å². The van der Waals surface area contributed by atoms with Crippen molar-refractivity contribution in [3.05, 3.63) is 53.6 Å². The number of ether oxygens (including phenoxy) is 1. The van der Waals surface area contributed by atoms with E-state index in [0.29, 0.717) is 11.4 Å². The van der Waals surface area contributed by atoms with Crippen LogP contribution in [0.25, 0.3) is 0 Å². The molecule has 1 aliphatic heterocycles. The van der Waals surface area contributed by atoms with Gasteiger partial charge in [-0.1, -0.05) is 12.1 Å². The van der Waals surface area contributed by atoms with E-state index in [-0.39, 0.29) is 5.69 Å². The minimum atomic E-state index is -4.54. The molecule has 2 aromatic carbocycles. The van der Waals surface area contributed by atoms with Gasteiger partial charge in [-0.15, -0.1) is 0 Å². The number of benzene rings is 2. The van der Waals surface area contributed by atoms with E-state index in [4.69, 9.17) is 4.74 Å². The quantitative estimate of drug-likeness (QED) is 0.810. The van der Waals surface area contributed by atoms with Gasteiger partial charge in [0.15, 0.2) is 0 Å². The van der Waals surface area contributed by atoms with Gasteiger partial charge in [0.1, 0.15) is 5.75 Å². The highest BCUT2D eigenvalue weighted by Gasteiger charge is 2.49. The molecule has 0 aliphatic carbocycles. The van der Waals surface area contributed by atoms with E-state index in [0.717, 1.165) is 17.7 Å². The van der Waals surface area contributed by atoms with Crippen LogP contribution in [0.2, 0.25) is 0 Å². The number of hydrogen-bond acceptors (Lipinski definition) is 3. The minimum Gasteiger partial charge on any atom is -0.465 e. The van der Waals surface area contributed by atoms with E-state index in [9.17, 15) is 22.8 Å². The summed E-state index contributed by atoms with van der Waals surface area (Å²) in [6.45, 7) is 3.14. The molecule has 5 nitrogen and oxygen atoms in total. The zero-order valence-electron chi connectivity index (χ0n) is 14.8. The van der Waals surface area contributed by atoms with Crippen molar-refractivity contribution >= 4 is 23.2 Å². The van der Waals surface area contributed by atoms with E-state index in [1.54, 1.807) is 18.2 Å². The third-order valence-corrected chi connectivity index (χ3v) is 4.38. The Morgan fingerprint density at radius 2 is 1.89 bits per heavy atom. The summed E-state index contributed by atoms with van der Waals surface area (Å²) in [7, 11) is 1.51. The van der Waals surface area contributed by atoms with Gasteiger partial charge < -0.3 is 15.0 Å². The summed E-state index contributed by atoms with van der Waals surface area (Å²) in [6, 6.07) is 9.34. The molecule has 0 spiro atoms. The summed E-state index contributed by atoms with van der Waals surface area (Å²) in [6.07, 6.45) is -4.54. The summed E-state index contributed by atoms with van der Waals surface area (Å²) >= 11 is 0. The molecule has 27 heavy (non-hydrogen) atoms. The molecule has 0 radical (unpaired) electrons. The molecular weight excluding hydrogens is 361 g/mol. The van der Waals surface area contributed by atoms with Crippen LogP contribution in [0.4, 0.5) is 24.5 Å². The van der Waals surface area contributed by atoms with Crippen molar-refractivity contribution in [3.63, 3.8) is 0 Å². The Bertz CT molecular complexity index is 927. The number of likely N-dealkylation sites (N-methyl/N-ethyl adjacent to an activating group) is 1. The molecule has 2 amide bonds. The van der Waals surface area contributed by atoms with Crippen LogP contribution in [0.1, 0.15) is 18.1 Å². The Morgan fingerprint density at radius 1 is 1.19 bits per heavy atom. The SMILES string of the molecule is Cc1ccc2c(c1)N(C)C(=O)C(C)(C(=O)Nc1cccc(C(F)(F)F)c1)O2. The Balaban J connectivity index is 1.90. The predicted molar refractivity (Wildman–Crippen MR) is 93.7 cm³/mol. The highest BCUT2D eigenvalue weighted by Crippen LogP contribution is 2.38. The van der Waals surface area contributed by atoms with Crippen LogP contribution in [0.5, 0.6) is 5.75 Å². The normalized spacial score (nSPS) is 19.3. The monoisotopic (exact) mass is 378 g/mol. The van der Waals surface area contributed by atoms with Crippen LogP contribution in [-0.4, -0.2) is 24.5 Å². The third-order valence-electron chi connectivity index (χ3n) is 4.38. The summed E-state index contributed by atoms with van der Waals surface area (Å²) in [4.78, 5) is 26.8. The van der Waals surface area contributed by atoms with Crippen molar-refractivity contribution in [1.82, 2.24) is 0 Å². The number of anilines is 2. The first-order valence-electron chi connectivity index (χ1n) is 8.09. The lowest BCUT2D eigenvalue weighted by Crippen LogP contribution is -2.59. The second-order valence-electron chi connectivity index (χ2n) is 6.50. The van der Waals surface area contributed by atoms with Crippen molar-refractivity contribution < 1.29 is 27.5 Å². The average molecular weight is 378 g/mol. The van der Waals surface area contributed by atoms with Crippen LogP contribution in [-0.2, 0) is 15.8 Å². The highest BCUT2D eigenvalue weighted by molar-refractivity contribution is 6.19. The topological polar surface area (TPSA) is 58.6 Å². The minimum absolute atomic E-state index is 0.0789. The van der Waals surface area contributed by atoms with Crippen molar-refractivity contribution in [1.29, 1.82) is 0 Å². The van der Waals surface area contributed by atoms with Crippen molar-refractivity contribution in [2.75, 3.05) is 17.3 Å². The van der Waals surface area contributed by atoms with Crippen LogP contribution in [0.3, 0.4) is 0 Å². The first-order chi connectivity index (χ1) is 12.5. The molecular formula is C19H17F3N2O3. The first kappa shape index (κ1) is 18.8. The van der Waals surface area contributed by atoms with E-state index in [1.807, 2.05) is 6.92 Å². The molecule has 1 heterocycles. The van der Waals surface area contributed by atoms with E-state index in [2.05, 4.69) is 5.32 Å². The lowest BCUT2D eigenvalue weighted by Gasteiger charge is -2.38. The summed E-state index contributed by atoms with van der Waals surface area (Å²) < 4.78 is 44.2. The average Bonchev–Trinajstić information content (AvgIpc) is 2.60. The summed E-state index contributed by atoms with van der Waals surface area (Å²) in [5.74, 6) is -1.14. The van der Waals surface area contributed by atoms with Gasteiger partial charge >= 0.3 is 6.18 Å². The highest BCUT2D eigenvalue weighted by atomic mass is 19.4. The van der Waals surface area contributed by atoms with Gasteiger partial charge in [0.05, 0.1) is 11.3 Å². The summed E-state index contributed by atoms with van der Waals surface area (Å²) in [5.41, 5.74) is -1.46. The number of hydrogen-bond donors (Lipinski definition) is 1. The zero-order chi connectivity index (χ0) is 20.0. The lowest BCUT2D eigenvalue weighted by atomic mass is 9.99. The number of halogens is 3. The van der Waals surface area contributed by atoms with Gasteiger partial charge in [-0.3, -0.25) is 9.59 Å². The fourth-order valence-electron chi connectivity index (χ4n) is 2.84. The maximum Gasteiger partial charge on any atom is 0.416 e. The summed E-state index contributed by atoms with van der Waals surface area (Å²) in [5, 5.41) is 2.35. The molecule has 0 saturated carbocycles. The molecule has 1 atom stereocenters. The molecule has 2 aromatic rings. The second kappa shape index (κ2) is 6.29.